The van der Waals surface area contributed by atoms with Gasteiger partial charge in [-0.25, -0.2) is 0 Å². The first-order valence-corrected chi connectivity index (χ1v) is 4.35. The molecule has 0 fully saturated rings. The first-order valence-electron chi connectivity index (χ1n) is 2.98. The Morgan fingerprint density at radius 2 is 2.23 bits per heavy atom. The van der Waals surface area contributed by atoms with E-state index in [9.17, 15) is 8.42 Å². The second-order valence-electron chi connectivity index (χ2n) is 2.02. The molecule has 0 unspecified atom stereocenters. The summed E-state index contributed by atoms with van der Waals surface area (Å²) in [7, 11) is -4.60. The van der Waals surface area contributed by atoms with Crippen molar-refractivity contribution in [1.29, 1.82) is 0 Å². The van der Waals surface area contributed by atoms with E-state index < -0.39 is 10.4 Å². The third kappa shape index (κ3) is 2.42. The molecule has 8 nitrogen and oxygen atoms in total. The molecule has 1 rings (SSSR count). The van der Waals surface area contributed by atoms with Gasteiger partial charge < -0.3 is 4.18 Å². The Bertz CT molecular complexity index is 416. The maximum absolute atomic E-state index is 10.3. The molecule has 1 aromatic rings. The van der Waals surface area contributed by atoms with E-state index in [1.807, 2.05) is 0 Å². The standard InChI is InChI=1S/C4H6N4O4S/c5-4-7-2-1-3(8(4)6)12-13(9,10)11/h1-2,5H,6H2,(H,9,10,11)/p+1. The minimum absolute atomic E-state index is 0.152. The van der Waals surface area contributed by atoms with Crippen LogP contribution in [-0.2, 0) is 10.4 Å². The molecule has 0 aromatic carbocycles. The van der Waals surface area contributed by atoms with Gasteiger partial charge in [0.05, 0.1) is 6.07 Å². The highest BCUT2D eigenvalue weighted by Crippen LogP contribution is 2.03. The molecular formula is C4H7N4O4S+. The Morgan fingerprint density at radius 3 is 2.77 bits per heavy atom. The quantitative estimate of drug-likeness (QED) is 0.286. The van der Waals surface area contributed by atoms with Gasteiger partial charge in [0.15, 0.2) is 0 Å². The second-order valence-corrected chi connectivity index (χ2v) is 3.04. The number of rotatable bonds is 2. The first-order chi connectivity index (χ1) is 5.90. The number of nitrogens with zero attached hydrogens (tertiary/aromatic N) is 2. The second kappa shape index (κ2) is 3.03. The molecular weight excluding hydrogens is 200 g/mol. The van der Waals surface area contributed by atoms with Crippen LogP contribution in [-0.4, -0.2) is 18.0 Å². The van der Waals surface area contributed by atoms with Gasteiger partial charge in [-0.05, 0) is 0 Å². The lowest BCUT2D eigenvalue weighted by molar-refractivity contribution is -0.630. The van der Waals surface area contributed by atoms with E-state index in [0.717, 1.165) is 6.07 Å². The number of aromatic nitrogens is 2. The molecule has 0 bridgehead atoms. The number of nitrogens with two attached hydrogens (primary N) is 2. The molecule has 0 aliphatic rings. The van der Waals surface area contributed by atoms with E-state index in [4.69, 9.17) is 16.1 Å². The van der Waals surface area contributed by atoms with E-state index in [-0.39, 0.29) is 11.8 Å². The summed E-state index contributed by atoms with van der Waals surface area (Å²) in [6.07, 6.45) is 1.18. The molecule has 0 atom stereocenters. The number of nitrogen functional groups attached to an aromatic ring is 2. The highest BCUT2D eigenvalue weighted by atomic mass is 32.3. The van der Waals surface area contributed by atoms with Crippen LogP contribution in [0, 0.1) is 0 Å². The highest BCUT2D eigenvalue weighted by molar-refractivity contribution is 7.81. The smallest absolute Gasteiger partial charge is 0.327 e. The molecule has 9 heteroatoms. The summed E-state index contributed by atoms with van der Waals surface area (Å²) in [5.41, 5.74) is 5.21. The molecule has 1 aromatic heterocycles. The van der Waals surface area contributed by atoms with Crippen LogP contribution in [0.4, 0.5) is 5.95 Å². The molecule has 5 N–H and O–H groups in total. The molecule has 1 heterocycles. The molecule has 72 valence electrons. The minimum atomic E-state index is -4.60. The maximum Gasteiger partial charge on any atom is 0.448 e. The van der Waals surface area contributed by atoms with Crippen molar-refractivity contribution in [2.75, 3.05) is 11.6 Å². The van der Waals surface area contributed by atoms with Crippen molar-refractivity contribution >= 4 is 16.3 Å². The van der Waals surface area contributed by atoms with Gasteiger partial charge in [0.1, 0.15) is 6.20 Å². The van der Waals surface area contributed by atoms with Gasteiger partial charge in [0, 0.05) is 0 Å². The Kier molecular flexibility index (Phi) is 2.21. The molecule has 0 saturated heterocycles. The zero-order chi connectivity index (χ0) is 10.1. The van der Waals surface area contributed by atoms with Gasteiger partial charge >= 0.3 is 22.2 Å². The fourth-order valence-corrected chi connectivity index (χ4v) is 0.960. The largest absolute Gasteiger partial charge is 0.448 e. The monoisotopic (exact) mass is 207 g/mol. The summed E-state index contributed by atoms with van der Waals surface area (Å²) in [5, 5.41) is 0. The number of hydrogen-bond acceptors (Lipinski definition) is 6. The van der Waals surface area contributed by atoms with Crippen LogP contribution in [0.15, 0.2) is 12.3 Å². The lowest BCUT2D eigenvalue weighted by Crippen LogP contribution is -2.49. The SMILES string of the molecule is Nc1nccc(OS(=O)(=O)O)[n+]1N. The molecule has 0 aliphatic carbocycles. The average molecular weight is 207 g/mol. The Balaban J connectivity index is 3.10. The zero-order valence-electron chi connectivity index (χ0n) is 6.28. The topological polar surface area (TPSA) is 132 Å². The summed E-state index contributed by atoms with van der Waals surface area (Å²) >= 11 is 0. The Labute approximate surface area is 73.7 Å². The van der Waals surface area contributed by atoms with Crippen molar-refractivity contribution < 1.29 is 21.8 Å². The highest BCUT2D eigenvalue weighted by Gasteiger charge is 2.15. The number of hydrogen-bond donors (Lipinski definition) is 3. The van der Waals surface area contributed by atoms with Crippen molar-refractivity contribution in [2.45, 2.75) is 0 Å². The lowest BCUT2D eigenvalue weighted by atomic mass is 10.6. The first kappa shape index (κ1) is 9.48. The third-order valence-electron chi connectivity index (χ3n) is 1.10. The zero-order valence-corrected chi connectivity index (χ0v) is 7.10. The van der Waals surface area contributed by atoms with E-state index in [1.54, 1.807) is 0 Å². The summed E-state index contributed by atoms with van der Waals surface area (Å²) in [6, 6.07) is 1.13. The predicted molar refractivity (Wildman–Crippen MR) is 41.2 cm³/mol. The molecule has 13 heavy (non-hydrogen) atoms. The average Bonchev–Trinajstić information content (AvgIpc) is 1.96. The Morgan fingerprint density at radius 1 is 1.62 bits per heavy atom. The van der Waals surface area contributed by atoms with Gasteiger partial charge in [-0.1, -0.05) is 4.98 Å². The van der Waals surface area contributed by atoms with E-state index in [0.29, 0.717) is 4.68 Å². The fraction of sp³-hybridized carbons (Fsp3) is 0. The molecule has 0 aliphatic heterocycles. The molecule has 0 amide bonds. The molecule has 0 radical (unpaired) electrons. The van der Waals surface area contributed by atoms with Crippen LogP contribution in [0.1, 0.15) is 0 Å². The van der Waals surface area contributed by atoms with E-state index in [2.05, 4.69) is 9.17 Å². The fourth-order valence-electron chi connectivity index (χ4n) is 0.609. The number of anilines is 1. The lowest BCUT2D eigenvalue weighted by Gasteiger charge is -2.01. The van der Waals surface area contributed by atoms with Crippen LogP contribution in [0.25, 0.3) is 0 Å². The molecule has 0 saturated carbocycles. The van der Waals surface area contributed by atoms with E-state index >= 15 is 0 Å². The molecule has 0 spiro atoms. The summed E-state index contributed by atoms with van der Waals surface area (Å²) in [5.74, 6) is 4.73. The van der Waals surface area contributed by atoms with Gasteiger partial charge in [0.2, 0.25) is 0 Å². The summed E-state index contributed by atoms with van der Waals surface area (Å²) in [6.45, 7) is 0. The van der Waals surface area contributed by atoms with Crippen LogP contribution >= 0.6 is 0 Å². The van der Waals surface area contributed by atoms with Crippen molar-refractivity contribution in [3.8, 4) is 5.88 Å². The minimum Gasteiger partial charge on any atom is -0.327 e. The van der Waals surface area contributed by atoms with Crippen molar-refractivity contribution in [3.05, 3.63) is 12.3 Å². The predicted octanol–water partition coefficient (Wildman–Crippen LogP) is -2.15. The maximum atomic E-state index is 10.3. The van der Waals surface area contributed by atoms with Crippen LogP contribution in [0.2, 0.25) is 0 Å². The van der Waals surface area contributed by atoms with Crippen LogP contribution in [0.5, 0.6) is 5.88 Å². The van der Waals surface area contributed by atoms with Gasteiger partial charge in [-0.3, -0.25) is 16.1 Å². The van der Waals surface area contributed by atoms with Crippen molar-refractivity contribution in [3.63, 3.8) is 0 Å². The normalized spacial score (nSPS) is 11.2. The van der Waals surface area contributed by atoms with Crippen LogP contribution < -0.4 is 20.4 Å². The van der Waals surface area contributed by atoms with Crippen molar-refractivity contribution in [1.82, 2.24) is 4.98 Å². The van der Waals surface area contributed by atoms with Gasteiger partial charge in [-0.15, -0.1) is 4.68 Å². The third-order valence-corrected chi connectivity index (χ3v) is 1.48. The summed E-state index contributed by atoms with van der Waals surface area (Å²) < 4.78 is 33.6. The summed E-state index contributed by atoms with van der Waals surface area (Å²) in [4.78, 5) is 3.53. The van der Waals surface area contributed by atoms with Crippen molar-refractivity contribution in [2.24, 2.45) is 0 Å². The Hall–Kier alpha value is -1.61. The van der Waals surface area contributed by atoms with Crippen LogP contribution in [0.3, 0.4) is 0 Å². The van der Waals surface area contributed by atoms with Gasteiger partial charge in [0.25, 0.3) is 0 Å². The van der Waals surface area contributed by atoms with E-state index in [1.165, 1.54) is 6.20 Å². The van der Waals surface area contributed by atoms with Gasteiger partial charge in [-0.2, -0.15) is 8.42 Å².